The molecule has 22 heavy (non-hydrogen) atoms. The van der Waals surface area contributed by atoms with Crippen LogP contribution in [0.25, 0.3) is 0 Å². The summed E-state index contributed by atoms with van der Waals surface area (Å²) < 4.78 is 3.85. The number of carbonyl (C=O) groups excluding carboxylic acids is 1. The van der Waals surface area contributed by atoms with Gasteiger partial charge >= 0.3 is 0 Å². The van der Waals surface area contributed by atoms with Crippen molar-refractivity contribution >= 4 is 29.0 Å². The van der Waals surface area contributed by atoms with Gasteiger partial charge in [0, 0.05) is 24.7 Å². The zero-order valence-corrected chi connectivity index (χ0v) is 14.5. The van der Waals surface area contributed by atoms with Gasteiger partial charge in [-0.05, 0) is 50.2 Å². The van der Waals surface area contributed by atoms with Crippen LogP contribution in [0.1, 0.15) is 20.9 Å². The van der Waals surface area contributed by atoms with E-state index in [-0.39, 0.29) is 5.91 Å². The largest absolute Gasteiger partial charge is 0.332 e. The van der Waals surface area contributed by atoms with Crippen molar-refractivity contribution in [2.45, 2.75) is 13.5 Å². The molecular formula is C15H19ClN4OS. The second-order valence-corrected chi connectivity index (χ2v) is 6.54. The highest BCUT2D eigenvalue weighted by Gasteiger charge is 2.21. The van der Waals surface area contributed by atoms with E-state index in [0.29, 0.717) is 28.7 Å². The lowest BCUT2D eigenvalue weighted by Gasteiger charge is -2.24. The fraction of sp³-hybridized carbons (Fsp3) is 0.400. The van der Waals surface area contributed by atoms with Crippen LogP contribution in [-0.4, -0.2) is 52.5 Å². The Bertz CT molecular complexity index is 644. The normalized spacial score (nSPS) is 11.0. The maximum atomic E-state index is 12.7. The first kappa shape index (κ1) is 16.9. The molecule has 1 amide bonds. The van der Waals surface area contributed by atoms with Gasteiger partial charge in [-0.2, -0.15) is 0 Å². The highest BCUT2D eigenvalue weighted by Crippen LogP contribution is 2.17. The average Bonchev–Trinajstić information content (AvgIpc) is 2.88. The molecular weight excluding hydrogens is 320 g/mol. The number of likely N-dealkylation sites (N-methyl/N-ethyl adjacent to an activating group) is 1. The number of aromatic nitrogens is 2. The smallest absolute Gasteiger partial charge is 0.267 e. The highest BCUT2D eigenvalue weighted by molar-refractivity contribution is 7.07. The number of nitrogens with zero attached hydrogens (tertiary/aromatic N) is 4. The summed E-state index contributed by atoms with van der Waals surface area (Å²) in [6.07, 6.45) is 0. The van der Waals surface area contributed by atoms with Crippen molar-refractivity contribution in [1.29, 1.82) is 0 Å². The Labute approximate surface area is 139 Å². The van der Waals surface area contributed by atoms with Crippen molar-refractivity contribution in [2.75, 3.05) is 27.2 Å². The van der Waals surface area contributed by atoms with Crippen molar-refractivity contribution in [3.05, 3.63) is 45.4 Å². The molecule has 0 aliphatic heterocycles. The predicted molar refractivity (Wildman–Crippen MR) is 89.4 cm³/mol. The van der Waals surface area contributed by atoms with Crippen LogP contribution in [0.5, 0.6) is 0 Å². The lowest BCUT2D eigenvalue weighted by molar-refractivity contribution is 0.0736. The molecule has 0 bridgehead atoms. The highest BCUT2D eigenvalue weighted by atomic mass is 35.5. The van der Waals surface area contributed by atoms with Crippen molar-refractivity contribution in [2.24, 2.45) is 0 Å². The Morgan fingerprint density at radius 2 is 2.09 bits per heavy atom. The zero-order valence-electron chi connectivity index (χ0n) is 12.9. The number of carbonyl (C=O) groups is 1. The van der Waals surface area contributed by atoms with Crippen molar-refractivity contribution in [3.8, 4) is 0 Å². The summed E-state index contributed by atoms with van der Waals surface area (Å²) in [7, 11) is 3.98. The molecule has 0 aliphatic rings. The van der Waals surface area contributed by atoms with Gasteiger partial charge in [-0.15, -0.1) is 5.10 Å². The van der Waals surface area contributed by atoms with Crippen LogP contribution >= 0.6 is 23.1 Å². The third-order valence-corrected chi connectivity index (χ3v) is 4.26. The monoisotopic (exact) mass is 338 g/mol. The van der Waals surface area contributed by atoms with Gasteiger partial charge in [0.2, 0.25) is 0 Å². The summed E-state index contributed by atoms with van der Waals surface area (Å²) in [6, 6.07) is 7.58. The Kier molecular flexibility index (Phi) is 5.88. The molecule has 0 unspecified atom stereocenters. The number of benzene rings is 1. The standard InChI is InChI=1S/C15H19ClN4OS/c1-11-14(22-18-17-11)15(21)20(8-7-19(2)3)10-12-5-4-6-13(16)9-12/h4-6,9H,7-8,10H2,1-3H3. The molecule has 0 spiro atoms. The summed E-state index contributed by atoms with van der Waals surface area (Å²) in [5, 5.41) is 4.60. The second kappa shape index (κ2) is 7.67. The first-order chi connectivity index (χ1) is 10.5. The van der Waals surface area contributed by atoms with Crippen LogP contribution < -0.4 is 0 Å². The van der Waals surface area contributed by atoms with Crippen LogP contribution in [0.4, 0.5) is 0 Å². The van der Waals surface area contributed by atoms with Gasteiger partial charge in [-0.3, -0.25) is 4.79 Å². The number of aryl methyl sites for hydroxylation is 1. The molecule has 0 atom stereocenters. The van der Waals surface area contributed by atoms with Crippen LogP contribution in [-0.2, 0) is 6.54 Å². The summed E-state index contributed by atoms with van der Waals surface area (Å²) in [4.78, 5) is 17.2. The zero-order chi connectivity index (χ0) is 16.1. The van der Waals surface area contributed by atoms with Gasteiger partial charge in [-0.25, -0.2) is 0 Å². The summed E-state index contributed by atoms with van der Waals surface area (Å²) in [6.45, 7) is 3.75. The fourth-order valence-corrected chi connectivity index (χ4v) is 2.84. The summed E-state index contributed by atoms with van der Waals surface area (Å²) >= 11 is 7.17. The van der Waals surface area contributed by atoms with E-state index in [1.807, 2.05) is 43.3 Å². The van der Waals surface area contributed by atoms with E-state index in [2.05, 4.69) is 14.5 Å². The first-order valence-electron chi connectivity index (χ1n) is 6.95. The molecule has 0 N–H and O–H groups in total. The Balaban J connectivity index is 2.18. The quantitative estimate of drug-likeness (QED) is 0.812. The molecule has 0 radical (unpaired) electrons. The summed E-state index contributed by atoms with van der Waals surface area (Å²) in [5.41, 5.74) is 1.69. The van der Waals surface area contributed by atoms with Crippen LogP contribution in [0.2, 0.25) is 5.02 Å². The predicted octanol–water partition coefficient (Wildman–Crippen LogP) is 2.70. The number of hydrogen-bond donors (Lipinski definition) is 0. The molecule has 5 nitrogen and oxygen atoms in total. The van der Waals surface area contributed by atoms with Gasteiger partial charge in [0.25, 0.3) is 5.91 Å². The van der Waals surface area contributed by atoms with E-state index in [1.165, 1.54) is 0 Å². The van der Waals surface area contributed by atoms with Gasteiger partial charge in [-0.1, -0.05) is 28.2 Å². The van der Waals surface area contributed by atoms with Gasteiger partial charge in [0.1, 0.15) is 4.88 Å². The molecule has 0 aliphatic carbocycles. The van der Waals surface area contributed by atoms with E-state index in [4.69, 9.17) is 11.6 Å². The van der Waals surface area contributed by atoms with Crippen molar-refractivity contribution < 1.29 is 4.79 Å². The molecule has 2 rings (SSSR count). The molecule has 1 aromatic heterocycles. The minimum atomic E-state index is -0.0330. The van der Waals surface area contributed by atoms with Crippen LogP contribution in [0.3, 0.4) is 0 Å². The molecule has 7 heteroatoms. The number of rotatable bonds is 6. The number of amides is 1. The molecule has 0 saturated heterocycles. The van der Waals surface area contributed by atoms with Crippen LogP contribution in [0, 0.1) is 6.92 Å². The molecule has 1 aromatic carbocycles. The molecule has 118 valence electrons. The van der Waals surface area contributed by atoms with Gasteiger partial charge in [0.05, 0.1) is 5.69 Å². The lowest BCUT2D eigenvalue weighted by atomic mass is 10.2. The van der Waals surface area contributed by atoms with E-state index < -0.39 is 0 Å². The molecule has 1 heterocycles. The summed E-state index contributed by atoms with van der Waals surface area (Å²) in [5.74, 6) is -0.0330. The SMILES string of the molecule is Cc1nnsc1C(=O)N(CCN(C)C)Cc1cccc(Cl)c1. The number of hydrogen-bond acceptors (Lipinski definition) is 5. The van der Waals surface area contributed by atoms with Gasteiger partial charge in [0.15, 0.2) is 0 Å². The third kappa shape index (κ3) is 4.50. The van der Waals surface area contributed by atoms with E-state index in [9.17, 15) is 4.79 Å². The van der Waals surface area contributed by atoms with E-state index in [0.717, 1.165) is 23.6 Å². The van der Waals surface area contributed by atoms with Crippen molar-refractivity contribution in [1.82, 2.24) is 19.4 Å². The van der Waals surface area contributed by atoms with Crippen molar-refractivity contribution in [3.63, 3.8) is 0 Å². The lowest BCUT2D eigenvalue weighted by Crippen LogP contribution is -2.36. The Morgan fingerprint density at radius 3 is 2.68 bits per heavy atom. The minimum Gasteiger partial charge on any atom is -0.332 e. The Morgan fingerprint density at radius 1 is 1.32 bits per heavy atom. The fourth-order valence-electron chi connectivity index (χ4n) is 2.00. The molecule has 0 fully saturated rings. The number of halogens is 1. The maximum absolute atomic E-state index is 12.7. The Hall–Kier alpha value is -1.50. The topological polar surface area (TPSA) is 49.3 Å². The third-order valence-electron chi connectivity index (χ3n) is 3.21. The molecule has 2 aromatic rings. The maximum Gasteiger partial charge on any atom is 0.267 e. The van der Waals surface area contributed by atoms with Crippen LogP contribution in [0.15, 0.2) is 24.3 Å². The van der Waals surface area contributed by atoms with E-state index in [1.54, 1.807) is 6.92 Å². The second-order valence-electron chi connectivity index (χ2n) is 5.35. The molecule has 0 saturated carbocycles. The van der Waals surface area contributed by atoms with Gasteiger partial charge < -0.3 is 9.80 Å². The minimum absolute atomic E-state index is 0.0330. The average molecular weight is 339 g/mol. The van der Waals surface area contributed by atoms with E-state index >= 15 is 0 Å². The first-order valence-corrected chi connectivity index (χ1v) is 8.10.